The molecule has 0 spiro atoms. The van der Waals surface area contributed by atoms with Crippen LogP contribution in [0.25, 0.3) is 5.65 Å². The molecule has 1 aliphatic rings. The fourth-order valence-corrected chi connectivity index (χ4v) is 4.42. The smallest absolute Gasteiger partial charge is 0.335 e. The van der Waals surface area contributed by atoms with E-state index >= 15 is 0 Å². The summed E-state index contributed by atoms with van der Waals surface area (Å²) < 4.78 is 8.45. The number of nitrogens with two attached hydrogens (primary N) is 1. The predicted octanol–water partition coefficient (Wildman–Crippen LogP) is 2.50. The molecule has 0 saturated carbocycles. The summed E-state index contributed by atoms with van der Waals surface area (Å²) in [4.78, 5) is 32.0. The van der Waals surface area contributed by atoms with Crippen LogP contribution in [0.3, 0.4) is 0 Å². The van der Waals surface area contributed by atoms with E-state index in [2.05, 4.69) is 22.2 Å². The Hall–Kier alpha value is -3.70. The van der Waals surface area contributed by atoms with Gasteiger partial charge in [0.25, 0.3) is 5.56 Å². The second-order valence-corrected chi connectivity index (χ2v) is 9.16. The number of aromatic nitrogens is 4. The Morgan fingerprint density at radius 1 is 1.21 bits per heavy atom. The first-order valence-electron chi connectivity index (χ1n) is 13.7. The number of hydrogen-bond acceptors (Lipinski definition) is 9. The van der Waals surface area contributed by atoms with Crippen molar-refractivity contribution in [3.05, 3.63) is 63.7 Å². The number of piperidine rings is 1. The summed E-state index contributed by atoms with van der Waals surface area (Å²) in [6.07, 6.45) is 9.66. The monoisotopic (exact) mass is 539 g/mol. The number of rotatable bonds is 10. The zero-order valence-electron chi connectivity index (χ0n) is 23.2. The quantitative estimate of drug-likeness (QED) is 0.262. The summed E-state index contributed by atoms with van der Waals surface area (Å²) in [5.74, 6) is 1.33. The normalized spacial score (nSPS) is 13.7. The number of aliphatic hydroxyl groups is 1. The van der Waals surface area contributed by atoms with E-state index in [0.29, 0.717) is 12.1 Å². The van der Waals surface area contributed by atoms with Crippen LogP contribution in [0, 0.1) is 0 Å². The maximum atomic E-state index is 12.5. The molecule has 39 heavy (non-hydrogen) atoms. The fraction of sp³-hybridized carbons (Fsp3) is 0.500. The Labute approximate surface area is 229 Å². The third-order valence-corrected chi connectivity index (χ3v) is 6.35. The molecule has 4 N–H and O–H groups in total. The predicted molar refractivity (Wildman–Crippen MR) is 153 cm³/mol. The first-order valence-corrected chi connectivity index (χ1v) is 13.7. The van der Waals surface area contributed by atoms with Crippen LogP contribution in [-0.4, -0.2) is 63.1 Å². The molecule has 1 fully saturated rings. The average molecular weight is 540 g/mol. The minimum Gasteiger partial charge on any atom is -0.463 e. The van der Waals surface area contributed by atoms with Gasteiger partial charge in [0, 0.05) is 56.7 Å². The molecular formula is C28H41N7O4. The standard InChI is InChI=1S/C26H35N7O3.C2H6O/c1-3-20-16-29-33-22(14-23(30-25(20)33)31-12-6-5-7-13-31)28-15-19-8-9-24(34)32(17-19)18-21(10-11-27)26(35)36-4-2;1-2-3/h8-10,14,16-17,28H,3-7,11-13,15,18,27H2,1-2H3;3H,2H2,1H3/b21-10+;. The van der Waals surface area contributed by atoms with Crippen molar-refractivity contribution < 1.29 is 14.6 Å². The van der Waals surface area contributed by atoms with Gasteiger partial charge in [-0.3, -0.25) is 4.79 Å². The molecule has 0 unspecified atom stereocenters. The lowest BCUT2D eigenvalue weighted by Gasteiger charge is -2.28. The molecule has 4 heterocycles. The Morgan fingerprint density at radius 3 is 2.62 bits per heavy atom. The fourth-order valence-electron chi connectivity index (χ4n) is 4.42. The number of carbonyl (C=O) groups excluding carboxylic acids is 1. The molecule has 0 bridgehead atoms. The number of fused-ring (bicyclic) bond motifs is 1. The third kappa shape index (κ3) is 7.90. The lowest BCUT2D eigenvalue weighted by Crippen LogP contribution is -2.30. The highest BCUT2D eigenvalue weighted by molar-refractivity contribution is 5.88. The summed E-state index contributed by atoms with van der Waals surface area (Å²) in [6.45, 7) is 8.79. The Kier molecular flexibility index (Phi) is 11.5. The van der Waals surface area contributed by atoms with E-state index in [0.717, 1.165) is 47.9 Å². The lowest BCUT2D eigenvalue weighted by atomic mass is 10.1. The maximum Gasteiger partial charge on any atom is 0.335 e. The Morgan fingerprint density at radius 2 is 1.95 bits per heavy atom. The van der Waals surface area contributed by atoms with Gasteiger partial charge in [-0.15, -0.1) is 0 Å². The molecule has 0 atom stereocenters. The number of esters is 1. The van der Waals surface area contributed by atoms with Crippen molar-refractivity contribution in [3.8, 4) is 0 Å². The van der Waals surface area contributed by atoms with E-state index in [-0.39, 0.29) is 31.9 Å². The van der Waals surface area contributed by atoms with Crippen LogP contribution in [0.4, 0.5) is 11.6 Å². The second kappa shape index (κ2) is 15.0. The molecular weight excluding hydrogens is 498 g/mol. The van der Waals surface area contributed by atoms with Crippen molar-refractivity contribution in [2.75, 3.05) is 43.1 Å². The molecule has 3 aromatic heterocycles. The number of pyridine rings is 1. The van der Waals surface area contributed by atoms with E-state index in [4.69, 9.17) is 20.6 Å². The van der Waals surface area contributed by atoms with E-state index in [1.165, 1.54) is 29.9 Å². The molecule has 0 amide bonds. The van der Waals surface area contributed by atoms with E-state index in [1.807, 2.05) is 16.8 Å². The molecule has 0 aliphatic carbocycles. The van der Waals surface area contributed by atoms with Crippen molar-refractivity contribution in [1.29, 1.82) is 0 Å². The van der Waals surface area contributed by atoms with E-state index in [1.54, 1.807) is 32.2 Å². The molecule has 11 nitrogen and oxygen atoms in total. The van der Waals surface area contributed by atoms with Gasteiger partial charge in [-0.1, -0.05) is 19.1 Å². The summed E-state index contributed by atoms with van der Waals surface area (Å²) in [5, 5.41) is 15.6. The van der Waals surface area contributed by atoms with Crippen LogP contribution in [0.15, 0.2) is 47.0 Å². The lowest BCUT2D eigenvalue weighted by molar-refractivity contribution is -0.138. The number of nitrogens with zero attached hydrogens (tertiary/aromatic N) is 5. The van der Waals surface area contributed by atoms with Gasteiger partial charge in [-0.2, -0.15) is 9.61 Å². The highest BCUT2D eigenvalue weighted by atomic mass is 16.5. The maximum absolute atomic E-state index is 12.5. The molecule has 0 aromatic carbocycles. The van der Waals surface area contributed by atoms with Crippen LogP contribution in [0.1, 0.15) is 51.2 Å². The molecule has 4 rings (SSSR count). The van der Waals surface area contributed by atoms with Crippen LogP contribution in [0.2, 0.25) is 0 Å². The molecule has 0 radical (unpaired) electrons. The molecule has 3 aromatic rings. The number of aryl methyl sites for hydroxylation is 1. The number of nitrogens with one attached hydrogen (secondary N) is 1. The molecule has 212 valence electrons. The Balaban J connectivity index is 0.00000134. The summed E-state index contributed by atoms with van der Waals surface area (Å²) in [7, 11) is 0. The minimum atomic E-state index is -0.465. The zero-order valence-corrected chi connectivity index (χ0v) is 23.2. The summed E-state index contributed by atoms with van der Waals surface area (Å²) >= 11 is 0. The minimum absolute atomic E-state index is 0.0976. The SMILES string of the molecule is CCO.CCOC(=O)/C(=C/CN)Cn1cc(CNc2cc(N3CCCCC3)nc3c(CC)cnn23)ccc1=O. The summed E-state index contributed by atoms with van der Waals surface area (Å²) in [6, 6.07) is 5.34. The number of hydrogen-bond donors (Lipinski definition) is 3. The van der Waals surface area contributed by atoms with Gasteiger partial charge in [-0.05, 0) is 45.1 Å². The highest BCUT2D eigenvalue weighted by Gasteiger charge is 2.17. The number of aliphatic hydroxyl groups excluding tert-OH is 1. The molecule has 1 aliphatic heterocycles. The van der Waals surface area contributed by atoms with Gasteiger partial charge >= 0.3 is 5.97 Å². The van der Waals surface area contributed by atoms with Crippen molar-refractivity contribution >= 4 is 23.3 Å². The van der Waals surface area contributed by atoms with Crippen molar-refractivity contribution in [2.45, 2.75) is 59.5 Å². The van der Waals surface area contributed by atoms with Crippen molar-refractivity contribution in [2.24, 2.45) is 5.73 Å². The van der Waals surface area contributed by atoms with Crippen LogP contribution < -0.4 is 21.5 Å². The zero-order chi connectivity index (χ0) is 28.2. The van der Waals surface area contributed by atoms with Gasteiger partial charge in [0.15, 0.2) is 5.65 Å². The molecule has 11 heteroatoms. The van der Waals surface area contributed by atoms with Crippen LogP contribution in [-0.2, 0) is 29.0 Å². The van der Waals surface area contributed by atoms with Gasteiger partial charge < -0.3 is 30.4 Å². The third-order valence-electron chi connectivity index (χ3n) is 6.35. The van der Waals surface area contributed by atoms with E-state index in [9.17, 15) is 9.59 Å². The average Bonchev–Trinajstić information content (AvgIpc) is 3.37. The van der Waals surface area contributed by atoms with Crippen LogP contribution >= 0.6 is 0 Å². The van der Waals surface area contributed by atoms with Gasteiger partial charge in [-0.25, -0.2) is 9.78 Å². The second-order valence-electron chi connectivity index (χ2n) is 9.16. The summed E-state index contributed by atoms with van der Waals surface area (Å²) in [5.41, 5.74) is 8.62. The molecule has 1 saturated heterocycles. The highest BCUT2D eigenvalue weighted by Crippen LogP contribution is 2.25. The van der Waals surface area contributed by atoms with Crippen molar-refractivity contribution in [1.82, 2.24) is 19.2 Å². The first kappa shape index (κ1) is 29.9. The Bertz CT molecular complexity index is 1310. The number of carbonyl (C=O) groups is 1. The van der Waals surface area contributed by atoms with Crippen molar-refractivity contribution in [3.63, 3.8) is 0 Å². The van der Waals surface area contributed by atoms with Gasteiger partial charge in [0.2, 0.25) is 0 Å². The van der Waals surface area contributed by atoms with Gasteiger partial charge in [0.05, 0.1) is 24.9 Å². The number of anilines is 2. The number of ether oxygens (including phenoxy) is 1. The topological polar surface area (TPSA) is 140 Å². The first-order chi connectivity index (χ1) is 18.9. The van der Waals surface area contributed by atoms with Gasteiger partial charge in [0.1, 0.15) is 11.6 Å². The largest absolute Gasteiger partial charge is 0.463 e. The van der Waals surface area contributed by atoms with E-state index < -0.39 is 5.97 Å². The van der Waals surface area contributed by atoms with Crippen LogP contribution in [0.5, 0.6) is 0 Å².